The number of nitrogens with zero attached hydrogens (tertiary/aromatic N) is 1. The standard InChI is InChI=1S/C23H24N2O5S/c1-28-13-18(17-14-31-22-7-5-4-6-16(17)22)24-25-23(27)11-9-19(26)15-8-10-20(29-2)21(12-15)30-3/h4-8,10,12,14H,9,11,13H2,1-3H3,(H,25,27)/b24-18+. The zero-order chi connectivity index (χ0) is 22.2. The number of ketones is 1. The summed E-state index contributed by atoms with van der Waals surface area (Å²) in [5.74, 6) is 0.496. The van der Waals surface area contributed by atoms with Gasteiger partial charge in [0.05, 0.1) is 26.5 Å². The van der Waals surface area contributed by atoms with E-state index in [2.05, 4.69) is 10.5 Å². The van der Waals surface area contributed by atoms with Crippen molar-refractivity contribution in [2.45, 2.75) is 12.8 Å². The zero-order valence-corrected chi connectivity index (χ0v) is 18.5. The molecule has 0 spiro atoms. The Kier molecular flexibility index (Phi) is 7.75. The molecular formula is C23H24N2O5S. The number of hydrazone groups is 1. The van der Waals surface area contributed by atoms with Crippen LogP contribution >= 0.6 is 11.3 Å². The van der Waals surface area contributed by atoms with Crippen molar-refractivity contribution in [3.05, 3.63) is 59.0 Å². The number of carbonyl (C=O) groups excluding carboxylic acids is 2. The maximum atomic E-state index is 12.5. The molecule has 1 N–H and O–H groups in total. The molecule has 0 atom stereocenters. The highest BCUT2D eigenvalue weighted by atomic mass is 32.1. The zero-order valence-electron chi connectivity index (χ0n) is 17.6. The highest BCUT2D eigenvalue weighted by molar-refractivity contribution is 7.17. The second-order valence-electron chi connectivity index (χ2n) is 6.66. The number of fused-ring (bicyclic) bond motifs is 1. The van der Waals surface area contributed by atoms with Gasteiger partial charge >= 0.3 is 0 Å². The monoisotopic (exact) mass is 440 g/mol. The molecule has 0 aliphatic carbocycles. The Labute approximate surface area is 184 Å². The fraction of sp³-hybridized carbons (Fsp3) is 0.261. The normalized spacial score (nSPS) is 11.4. The van der Waals surface area contributed by atoms with Crippen molar-refractivity contribution in [3.63, 3.8) is 0 Å². The molecule has 31 heavy (non-hydrogen) atoms. The number of amides is 1. The minimum Gasteiger partial charge on any atom is -0.493 e. The number of thiophene rings is 1. The molecule has 7 nitrogen and oxygen atoms in total. The van der Waals surface area contributed by atoms with Gasteiger partial charge in [0.2, 0.25) is 5.91 Å². The van der Waals surface area contributed by atoms with Gasteiger partial charge in [-0.15, -0.1) is 11.3 Å². The van der Waals surface area contributed by atoms with Gasteiger partial charge in [0.15, 0.2) is 17.3 Å². The van der Waals surface area contributed by atoms with E-state index in [9.17, 15) is 9.59 Å². The second kappa shape index (κ2) is 10.7. The van der Waals surface area contributed by atoms with Crippen molar-refractivity contribution < 1.29 is 23.8 Å². The van der Waals surface area contributed by atoms with E-state index in [0.29, 0.717) is 22.8 Å². The SMILES string of the molecule is COC/C(=N\NC(=O)CCC(=O)c1ccc(OC)c(OC)c1)c1csc2ccccc12. The molecule has 1 aromatic heterocycles. The molecule has 0 aliphatic heterocycles. The summed E-state index contributed by atoms with van der Waals surface area (Å²) in [5.41, 5.74) is 4.55. The van der Waals surface area contributed by atoms with Crippen LogP contribution in [0.2, 0.25) is 0 Å². The molecular weight excluding hydrogens is 416 g/mol. The number of benzene rings is 2. The predicted molar refractivity (Wildman–Crippen MR) is 121 cm³/mol. The number of carbonyl (C=O) groups is 2. The Morgan fingerprint density at radius 2 is 1.77 bits per heavy atom. The summed E-state index contributed by atoms with van der Waals surface area (Å²) in [6.07, 6.45) is 0.0686. The van der Waals surface area contributed by atoms with E-state index in [-0.39, 0.29) is 31.1 Å². The van der Waals surface area contributed by atoms with Gasteiger partial charge in [0, 0.05) is 46.5 Å². The number of ether oxygens (including phenoxy) is 3. The van der Waals surface area contributed by atoms with E-state index in [4.69, 9.17) is 14.2 Å². The lowest BCUT2D eigenvalue weighted by Gasteiger charge is -2.09. The minimum absolute atomic E-state index is 0.0152. The van der Waals surface area contributed by atoms with Crippen LogP contribution in [0.4, 0.5) is 0 Å². The van der Waals surface area contributed by atoms with E-state index in [1.807, 2.05) is 29.6 Å². The highest BCUT2D eigenvalue weighted by Crippen LogP contribution is 2.28. The summed E-state index contributed by atoms with van der Waals surface area (Å²) in [5, 5.41) is 7.31. The topological polar surface area (TPSA) is 86.2 Å². The third kappa shape index (κ3) is 5.48. The second-order valence-corrected chi connectivity index (χ2v) is 7.58. The van der Waals surface area contributed by atoms with Crippen LogP contribution in [0.1, 0.15) is 28.8 Å². The Bertz CT molecular complexity index is 1110. The van der Waals surface area contributed by atoms with Gasteiger partial charge in [-0.2, -0.15) is 5.10 Å². The molecule has 162 valence electrons. The molecule has 8 heteroatoms. The summed E-state index contributed by atoms with van der Waals surface area (Å²) in [6, 6.07) is 12.9. The molecule has 0 radical (unpaired) electrons. The van der Waals surface area contributed by atoms with Crippen molar-refractivity contribution in [2.24, 2.45) is 5.10 Å². The maximum Gasteiger partial charge on any atom is 0.240 e. The minimum atomic E-state index is -0.345. The fourth-order valence-electron chi connectivity index (χ4n) is 3.08. The summed E-state index contributed by atoms with van der Waals surface area (Å²) >= 11 is 1.61. The summed E-state index contributed by atoms with van der Waals surface area (Å²) in [4.78, 5) is 24.8. The summed E-state index contributed by atoms with van der Waals surface area (Å²) in [7, 11) is 4.61. The quantitative estimate of drug-likeness (QED) is 0.292. The van der Waals surface area contributed by atoms with Gasteiger partial charge in [-0.25, -0.2) is 5.43 Å². The molecule has 0 unspecified atom stereocenters. The third-order valence-electron chi connectivity index (χ3n) is 4.67. The molecule has 0 aliphatic rings. The predicted octanol–water partition coefficient (Wildman–Crippen LogP) is 4.05. The van der Waals surface area contributed by atoms with Gasteiger partial charge in [-0.3, -0.25) is 9.59 Å². The molecule has 0 saturated heterocycles. The van der Waals surface area contributed by atoms with Crippen molar-refractivity contribution in [3.8, 4) is 11.5 Å². The number of hydrogen-bond donors (Lipinski definition) is 1. The van der Waals surface area contributed by atoms with E-state index in [0.717, 1.165) is 15.6 Å². The Balaban J connectivity index is 1.64. The number of hydrogen-bond acceptors (Lipinski definition) is 7. The molecule has 0 bridgehead atoms. The van der Waals surface area contributed by atoms with Gasteiger partial charge in [0.1, 0.15) is 0 Å². The van der Waals surface area contributed by atoms with E-state index in [1.165, 1.54) is 14.2 Å². The van der Waals surface area contributed by atoms with Crippen LogP contribution in [-0.2, 0) is 9.53 Å². The van der Waals surface area contributed by atoms with E-state index < -0.39 is 0 Å². The Morgan fingerprint density at radius 1 is 1.00 bits per heavy atom. The van der Waals surface area contributed by atoms with Gasteiger partial charge in [-0.05, 0) is 24.3 Å². The van der Waals surface area contributed by atoms with E-state index in [1.54, 1.807) is 36.6 Å². The van der Waals surface area contributed by atoms with E-state index >= 15 is 0 Å². The molecule has 0 saturated carbocycles. The van der Waals surface area contributed by atoms with Gasteiger partial charge in [-0.1, -0.05) is 18.2 Å². The Morgan fingerprint density at radius 3 is 2.52 bits per heavy atom. The maximum absolute atomic E-state index is 12.5. The van der Waals surface area contributed by atoms with Crippen molar-refractivity contribution >= 4 is 38.8 Å². The van der Waals surface area contributed by atoms with Gasteiger partial charge in [0.25, 0.3) is 0 Å². The van der Waals surface area contributed by atoms with Crippen LogP contribution < -0.4 is 14.9 Å². The first-order valence-corrected chi connectivity index (χ1v) is 10.5. The lowest BCUT2D eigenvalue weighted by molar-refractivity contribution is -0.121. The van der Waals surface area contributed by atoms with Crippen LogP contribution in [0.3, 0.4) is 0 Å². The fourth-order valence-corrected chi connectivity index (χ4v) is 4.04. The van der Waals surface area contributed by atoms with Crippen LogP contribution in [0, 0.1) is 0 Å². The van der Waals surface area contributed by atoms with Crippen LogP contribution in [-0.4, -0.2) is 45.3 Å². The average Bonchev–Trinajstić information content (AvgIpc) is 3.23. The molecule has 2 aromatic carbocycles. The van der Waals surface area contributed by atoms with Crippen LogP contribution in [0.5, 0.6) is 11.5 Å². The van der Waals surface area contributed by atoms with Crippen molar-refractivity contribution in [2.75, 3.05) is 27.9 Å². The number of nitrogens with one attached hydrogen (secondary N) is 1. The van der Waals surface area contributed by atoms with Crippen molar-refractivity contribution in [1.29, 1.82) is 0 Å². The highest BCUT2D eigenvalue weighted by Gasteiger charge is 2.14. The third-order valence-corrected chi connectivity index (χ3v) is 5.64. The van der Waals surface area contributed by atoms with Crippen LogP contribution in [0.25, 0.3) is 10.1 Å². The molecule has 3 aromatic rings. The first-order valence-electron chi connectivity index (χ1n) is 9.63. The lowest BCUT2D eigenvalue weighted by atomic mass is 10.1. The lowest BCUT2D eigenvalue weighted by Crippen LogP contribution is -2.22. The first kappa shape index (κ1) is 22.5. The number of Topliss-reactive ketones (excluding diaryl/α,β-unsaturated/α-hetero) is 1. The first-order chi connectivity index (χ1) is 15.1. The van der Waals surface area contributed by atoms with Gasteiger partial charge < -0.3 is 14.2 Å². The molecule has 1 amide bonds. The molecule has 3 rings (SSSR count). The van der Waals surface area contributed by atoms with Crippen molar-refractivity contribution in [1.82, 2.24) is 5.43 Å². The number of methoxy groups -OCH3 is 3. The average molecular weight is 441 g/mol. The number of rotatable bonds is 10. The Hall–Kier alpha value is -3.23. The summed E-state index contributed by atoms with van der Waals surface area (Å²) in [6.45, 7) is 0.256. The molecule has 0 fully saturated rings. The van der Waals surface area contributed by atoms with Crippen LogP contribution in [0.15, 0.2) is 52.9 Å². The largest absolute Gasteiger partial charge is 0.493 e. The smallest absolute Gasteiger partial charge is 0.240 e. The molecule has 1 heterocycles. The summed E-state index contributed by atoms with van der Waals surface area (Å²) < 4.78 is 16.8.